The van der Waals surface area contributed by atoms with E-state index in [0.29, 0.717) is 18.8 Å². The van der Waals surface area contributed by atoms with Gasteiger partial charge in [-0.1, -0.05) is 19.9 Å². The molecule has 1 amide bonds. The molecule has 2 bridgehead atoms. The lowest BCUT2D eigenvalue weighted by molar-refractivity contribution is -0.158. The largest absolute Gasteiger partial charge is 0.460 e. The molecule has 7 heteroatoms. The van der Waals surface area contributed by atoms with Crippen molar-refractivity contribution in [3.63, 3.8) is 0 Å². The first kappa shape index (κ1) is 22.3. The molecule has 0 radical (unpaired) electrons. The standard InChI is InChI=1S/C22H35NO5S/c1-7-8-9-15(12-18(24)28-20(2,3)4)19(25)23-17-13-16-10-11-22(17,21(16,5)6)14-29(23,26)27/h7,15-17H,1,8-14H2,2-6H3/t15-,16?,17?,22?/m0/s1. The molecule has 1 spiro atoms. The molecular formula is C22H35NO5S. The number of amides is 1. The molecule has 3 aliphatic rings. The molecular weight excluding hydrogens is 390 g/mol. The normalized spacial score (nSPS) is 32.7. The molecule has 3 rings (SSSR count). The van der Waals surface area contributed by atoms with Gasteiger partial charge in [0.05, 0.1) is 18.2 Å². The summed E-state index contributed by atoms with van der Waals surface area (Å²) >= 11 is 0. The highest BCUT2D eigenvalue weighted by Crippen LogP contribution is 2.70. The maximum Gasteiger partial charge on any atom is 0.307 e. The number of fused-ring (bicyclic) bond motifs is 1. The Balaban J connectivity index is 1.87. The van der Waals surface area contributed by atoms with E-state index in [9.17, 15) is 18.0 Å². The van der Waals surface area contributed by atoms with Crippen LogP contribution in [-0.4, -0.2) is 42.0 Å². The number of hydrogen-bond acceptors (Lipinski definition) is 5. The highest BCUT2D eigenvalue weighted by atomic mass is 32.2. The monoisotopic (exact) mass is 425 g/mol. The first-order valence-corrected chi connectivity index (χ1v) is 12.2. The Bertz CT molecular complexity index is 810. The van der Waals surface area contributed by atoms with Crippen molar-refractivity contribution < 1.29 is 22.7 Å². The number of allylic oxidation sites excluding steroid dienone is 1. The van der Waals surface area contributed by atoms with E-state index in [2.05, 4.69) is 20.4 Å². The lowest BCUT2D eigenvalue weighted by atomic mass is 9.69. The van der Waals surface area contributed by atoms with Crippen molar-refractivity contribution in [3.8, 4) is 0 Å². The Morgan fingerprint density at radius 3 is 2.52 bits per heavy atom. The van der Waals surface area contributed by atoms with Gasteiger partial charge < -0.3 is 4.74 Å². The summed E-state index contributed by atoms with van der Waals surface area (Å²) in [7, 11) is -3.70. The minimum Gasteiger partial charge on any atom is -0.460 e. The Labute approximate surface area is 175 Å². The van der Waals surface area contributed by atoms with E-state index in [1.807, 2.05) is 0 Å². The highest BCUT2D eigenvalue weighted by molar-refractivity contribution is 7.90. The number of esters is 1. The number of hydrogen-bond donors (Lipinski definition) is 0. The average molecular weight is 426 g/mol. The topological polar surface area (TPSA) is 80.8 Å². The van der Waals surface area contributed by atoms with Crippen molar-refractivity contribution in [1.29, 1.82) is 0 Å². The first-order valence-electron chi connectivity index (χ1n) is 10.6. The van der Waals surface area contributed by atoms with Crippen molar-refractivity contribution >= 4 is 21.9 Å². The number of nitrogens with zero attached hydrogens (tertiary/aromatic N) is 1. The van der Waals surface area contributed by atoms with Crippen LogP contribution in [0.15, 0.2) is 12.7 Å². The van der Waals surface area contributed by atoms with Crippen molar-refractivity contribution in [2.75, 3.05) is 5.75 Å². The second-order valence-corrected chi connectivity index (χ2v) is 12.5. The summed E-state index contributed by atoms with van der Waals surface area (Å²) in [5.41, 5.74) is -1.11. The SMILES string of the molecule is C=CCC[C@@H](CC(=O)OC(C)(C)C)C(=O)N1C2CC3CCC2(CS1(=O)=O)C3(C)C. The van der Waals surface area contributed by atoms with Crippen molar-refractivity contribution in [2.24, 2.45) is 22.7 Å². The summed E-state index contributed by atoms with van der Waals surface area (Å²) in [6, 6.07) is -0.279. The quantitative estimate of drug-likeness (QED) is 0.479. The molecule has 2 aliphatic carbocycles. The zero-order valence-corrected chi connectivity index (χ0v) is 19.2. The summed E-state index contributed by atoms with van der Waals surface area (Å²) in [5.74, 6) is -1.14. The summed E-state index contributed by atoms with van der Waals surface area (Å²) in [4.78, 5) is 25.9. The molecule has 164 valence electrons. The predicted molar refractivity (Wildman–Crippen MR) is 111 cm³/mol. The average Bonchev–Trinajstić information content (AvgIpc) is 3.03. The van der Waals surface area contributed by atoms with Crippen LogP contribution in [0.5, 0.6) is 0 Å². The third kappa shape index (κ3) is 3.64. The van der Waals surface area contributed by atoms with Gasteiger partial charge in [0, 0.05) is 11.3 Å². The maximum absolute atomic E-state index is 13.5. The van der Waals surface area contributed by atoms with Gasteiger partial charge in [-0.05, 0) is 64.2 Å². The number of carbonyl (C=O) groups is 2. The lowest BCUT2D eigenvalue weighted by Crippen LogP contribution is -2.46. The van der Waals surface area contributed by atoms with E-state index >= 15 is 0 Å². The second-order valence-electron chi connectivity index (χ2n) is 10.6. The molecule has 1 heterocycles. The zero-order valence-electron chi connectivity index (χ0n) is 18.4. The van der Waals surface area contributed by atoms with Crippen LogP contribution >= 0.6 is 0 Å². The molecule has 4 atom stereocenters. The van der Waals surface area contributed by atoms with E-state index in [-0.39, 0.29) is 29.0 Å². The number of rotatable bonds is 6. The van der Waals surface area contributed by atoms with Crippen LogP contribution in [-0.2, 0) is 24.3 Å². The summed E-state index contributed by atoms with van der Waals surface area (Å²) in [6.45, 7) is 13.3. The van der Waals surface area contributed by atoms with Gasteiger partial charge in [-0.3, -0.25) is 9.59 Å². The van der Waals surface area contributed by atoms with Crippen LogP contribution in [0.25, 0.3) is 0 Å². The number of carbonyl (C=O) groups excluding carboxylic acids is 2. The fourth-order valence-electron chi connectivity index (χ4n) is 5.98. The summed E-state index contributed by atoms with van der Waals surface area (Å²) in [5, 5.41) is 0. The molecule has 1 aliphatic heterocycles. The molecule has 3 fully saturated rings. The predicted octanol–water partition coefficient (Wildman–Crippen LogP) is 3.67. The molecule has 2 saturated carbocycles. The van der Waals surface area contributed by atoms with Gasteiger partial charge in [-0.15, -0.1) is 6.58 Å². The molecule has 0 aromatic rings. The minimum atomic E-state index is -3.70. The molecule has 0 N–H and O–H groups in total. The van der Waals surface area contributed by atoms with Gasteiger partial charge in [0.15, 0.2) is 0 Å². The van der Waals surface area contributed by atoms with Crippen molar-refractivity contribution in [3.05, 3.63) is 12.7 Å². The second kappa shape index (κ2) is 7.10. The fourth-order valence-corrected chi connectivity index (χ4v) is 8.57. The molecule has 3 unspecified atom stereocenters. The van der Waals surface area contributed by atoms with Crippen LogP contribution in [0.3, 0.4) is 0 Å². The van der Waals surface area contributed by atoms with Gasteiger partial charge in [-0.25, -0.2) is 12.7 Å². The van der Waals surface area contributed by atoms with Gasteiger partial charge in [-0.2, -0.15) is 0 Å². The van der Waals surface area contributed by atoms with E-state index < -0.39 is 33.4 Å². The van der Waals surface area contributed by atoms with Crippen molar-refractivity contribution in [2.45, 2.75) is 84.8 Å². The molecule has 6 nitrogen and oxygen atoms in total. The lowest BCUT2D eigenvalue weighted by Gasteiger charge is -2.37. The van der Waals surface area contributed by atoms with Crippen LogP contribution in [0.1, 0.15) is 73.1 Å². The Hall–Kier alpha value is -1.37. The number of ether oxygens (including phenoxy) is 1. The van der Waals surface area contributed by atoms with E-state index in [1.165, 1.54) is 4.31 Å². The van der Waals surface area contributed by atoms with E-state index in [4.69, 9.17) is 4.74 Å². The third-order valence-electron chi connectivity index (χ3n) is 7.53. The van der Waals surface area contributed by atoms with Crippen LogP contribution in [0.4, 0.5) is 0 Å². The zero-order chi connectivity index (χ0) is 21.8. The smallest absolute Gasteiger partial charge is 0.307 e. The summed E-state index contributed by atoms with van der Waals surface area (Å²) < 4.78 is 32.9. The van der Waals surface area contributed by atoms with Gasteiger partial charge in [0.25, 0.3) is 0 Å². The van der Waals surface area contributed by atoms with Crippen LogP contribution < -0.4 is 0 Å². The van der Waals surface area contributed by atoms with Crippen molar-refractivity contribution in [1.82, 2.24) is 4.31 Å². The highest BCUT2D eigenvalue weighted by Gasteiger charge is 2.72. The van der Waals surface area contributed by atoms with Gasteiger partial charge in [0.2, 0.25) is 15.9 Å². The van der Waals surface area contributed by atoms with Gasteiger partial charge >= 0.3 is 5.97 Å². The minimum absolute atomic E-state index is 0.0422. The molecule has 0 aromatic carbocycles. The summed E-state index contributed by atoms with van der Waals surface area (Å²) in [6.07, 6.45) is 5.12. The Morgan fingerprint density at radius 2 is 1.97 bits per heavy atom. The first-order chi connectivity index (χ1) is 13.2. The molecule has 0 aromatic heterocycles. The van der Waals surface area contributed by atoms with Crippen LogP contribution in [0.2, 0.25) is 0 Å². The number of sulfonamides is 1. The molecule has 29 heavy (non-hydrogen) atoms. The Kier molecular flexibility index (Phi) is 5.47. The fraction of sp³-hybridized carbons (Fsp3) is 0.818. The Morgan fingerprint density at radius 1 is 1.31 bits per heavy atom. The molecule has 1 saturated heterocycles. The van der Waals surface area contributed by atoms with E-state index in [0.717, 1.165) is 19.3 Å². The van der Waals surface area contributed by atoms with Crippen LogP contribution in [0, 0.1) is 22.7 Å². The van der Waals surface area contributed by atoms with Gasteiger partial charge in [0.1, 0.15) is 5.60 Å². The third-order valence-corrected chi connectivity index (χ3v) is 9.44. The van der Waals surface area contributed by atoms with E-state index in [1.54, 1.807) is 26.8 Å². The maximum atomic E-state index is 13.5.